The molecule has 83 valence electrons. The van der Waals surface area contributed by atoms with Gasteiger partial charge in [-0.05, 0) is 30.5 Å². The van der Waals surface area contributed by atoms with Crippen molar-refractivity contribution in [3.05, 3.63) is 29.8 Å². The normalized spacial score (nSPS) is 10.3. The molecule has 1 N–H and O–H groups in total. The second-order valence-corrected chi connectivity index (χ2v) is 3.70. The van der Waals surface area contributed by atoms with Crippen molar-refractivity contribution in [2.45, 2.75) is 32.6 Å². The van der Waals surface area contributed by atoms with E-state index in [0.717, 1.165) is 25.2 Å². The Hall–Kier alpha value is -1.02. The highest BCUT2D eigenvalue weighted by atomic mass is 16.5. The standard InChI is InChI=1S/C13H20NO/c1-2-3-4-11-15-13-7-5-12(6-8-13)9-10-14/h5-8,14H,2-4,9-11H2,1H3. The van der Waals surface area contributed by atoms with Crippen LogP contribution in [0.4, 0.5) is 0 Å². The minimum Gasteiger partial charge on any atom is -0.494 e. The maximum atomic E-state index is 7.12. The molecule has 0 atom stereocenters. The Balaban J connectivity index is 2.29. The summed E-state index contributed by atoms with van der Waals surface area (Å²) in [6.45, 7) is 3.46. The summed E-state index contributed by atoms with van der Waals surface area (Å²) >= 11 is 0. The molecule has 0 aliphatic heterocycles. The molecule has 1 aromatic rings. The molecule has 1 rings (SSSR count). The molecule has 0 saturated carbocycles. The van der Waals surface area contributed by atoms with Gasteiger partial charge in [-0.25, -0.2) is 0 Å². The molecular weight excluding hydrogens is 186 g/mol. The maximum absolute atomic E-state index is 7.12. The molecule has 0 aromatic heterocycles. The van der Waals surface area contributed by atoms with Gasteiger partial charge in [0.25, 0.3) is 0 Å². The van der Waals surface area contributed by atoms with E-state index < -0.39 is 0 Å². The van der Waals surface area contributed by atoms with Gasteiger partial charge in [0.2, 0.25) is 0 Å². The van der Waals surface area contributed by atoms with E-state index in [-0.39, 0.29) is 0 Å². The van der Waals surface area contributed by atoms with E-state index in [1.54, 1.807) is 0 Å². The first-order valence-corrected chi connectivity index (χ1v) is 5.73. The number of unbranched alkanes of at least 4 members (excludes halogenated alkanes) is 2. The van der Waals surface area contributed by atoms with E-state index in [9.17, 15) is 0 Å². The molecule has 0 heterocycles. The van der Waals surface area contributed by atoms with Crippen LogP contribution in [-0.4, -0.2) is 13.2 Å². The minimum absolute atomic E-state index is 0.455. The maximum Gasteiger partial charge on any atom is 0.119 e. The van der Waals surface area contributed by atoms with Gasteiger partial charge in [-0.3, -0.25) is 5.73 Å². The second kappa shape index (κ2) is 7.30. The van der Waals surface area contributed by atoms with E-state index >= 15 is 0 Å². The van der Waals surface area contributed by atoms with Gasteiger partial charge in [-0.15, -0.1) is 0 Å². The van der Waals surface area contributed by atoms with Crippen LogP contribution in [0.15, 0.2) is 24.3 Å². The number of hydrogen-bond donors (Lipinski definition) is 0. The molecule has 0 bridgehead atoms. The Bertz CT molecular complexity index is 256. The molecule has 0 unspecified atom stereocenters. The highest BCUT2D eigenvalue weighted by Crippen LogP contribution is 2.13. The molecule has 2 heteroatoms. The van der Waals surface area contributed by atoms with E-state index in [4.69, 9.17) is 10.5 Å². The lowest BCUT2D eigenvalue weighted by molar-refractivity contribution is 0.306. The van der Waals surface area contributed by atoms with Crippen LogP contribution in [-0.2, 0) is 6.42 Å². The van der Waals surface area contributed by atoms with Crippen molar-refractivity contribution in [1.29, 1.82) is 0 Å². The van der Waals surface area contributed by atoms with Gasteiger partial charge in [0.15, 0.2) is 0 Å². The van der Waals surface area contributed by atoms with Crippen molar-refractivity contribution in [3.63, 3.8) is 0 Å². The van der Waals surface area contributed by atoms with Crippen molar-refractivity contribution in [1.82, 2.24) is 5.73 Å². The molecular formula is C13H20NO. The fraction of sp³-hybridized carbons (Fsp3) is 0.538. The third-order valence-electron chi connectivity index (χ3n) is 2.35. The Morgan fingerprint density at radius 2 is 1.87 bits per heavy atom. The number of nitrogens with one attached hydrogen (secondary N) is 1. The Labute approximate surface area is 92.4 Å². The highest BCUT2D eigenvalue weighted by molar-refractivity contribution is 5.27. The molecule has 0 fully saturated rings. The third kappa shape index (κ3) is 4.84. The monoisotopic (exact) mass is 206 g/mol. The van der Waals surface area contributed by atoms with Crippen LogP contribution >= 0.6 is 0 Å². The molecule has 15 heavy (non-hydrogen) atoms. The van der Waals surface area contributed by atoms with Crippen molar-refractivity contribution in [3.8, 4) is 5.75 Å². The summed E-state index contributed by atoms with van der Waals surface area (Å²) < 4.78 is 5.59. The average Bonchev–Trinajstić information content (AvgIpc) is 2.27. The fourth-order valence-electron chi connectivity index (χ4n) is 1.44. The molecule has 1 radical (unpaired) electrons. The zero-order valence-electron chi connectivity index (χ0n) is 9.46. The molecule has 0 aliphatic carbocycles. The largest absolute Gasteiger partial charge is 0.494 e. The first-order chi connectivity index (χ1) is 7.36. The Morgan fingerprint density at radius 3 is 2.47 bits per heavy atom. The molecule has 0 amide bonds. The van der Waals surface area contributed by atoms with Crippen LogP contribution in [0.25, 0.3) is 0 Å². The lowest BCUT2D eigenvalue weighted by atomic mass is 10.1. The zero-order chi connectivity index (χ0) is 10.9. The number of benzene rings is 1. The molecule has 0 aliphatic rings. The van der Waals surface area contributed by atoms with Crippen molar-refractivity contribution in [2.75, 3.05) is 13.2 Å². The number of rotatable bonds is 7. The van der Waals surface area contributed by atoms with Gasteiger partial charge < -0.3 is 4.74 Å². The summed E-state index contributed by atoms with van der Waals surface area (Å²) in [5.41, 5.74) is 8.33. The van der Waals surface area contributed by atoms with Crippen molar-refractivity contribution < 1.29 is 4.74 Å². The molecule has 0 spiro atoms. The lowest BCUT2D eigenvalue weighted by Gasteiger charge is -2.06. The van der Waals surface area contributed by atoms with E-state index in [1.165, 1.54) is 18.4 Å². The van der Waals surface area contributed by atoms with Crippen LogP contribution in [0.2, 0.25) is 0 Å². The van der Waals surface area contributed by atoms with Crippen LogP contribution < -0.4 is 10.5 Å². The first-order valence-electron chi connectivity index (χ1n) is 5.73. The van der Waals surface area contributed by atoms with E-state index in [1.807, 2.05) is 24.3 Å². The van der Waals surface area contributed by atoms with Crippen molar-refractivity contribution >= 4 is 0 Å². The Kier molecular flexibility index (Phi) is 5.86. The summed E-state index contributed by atoms with van der Waals surface area (Å²) in [7, 11) is 0. The van der Waals surface area contributed by atoms with Crippen LogP contribution in [0.5, 0.6) is 5.75 Å². The topological polar surface area (TPSA) is 33.0 Å². The smallest absolute Gasteiger partial charge is 0.119 e. The average molecular weight is 206 g/mol. The van der Waals surface area contributed by atoms with Crippen LogP contribution in [0.1, 0.15) is 31.7 Å². The van der Waals surface area contributed by atoms with Crippen molar-refractivity contribution in [2.24, 2.45) is 0 Å². The summed E-state index contributed by atoms with van der Waals surface area (Å²) in [6, 6.07) is 8.08. The summed E-state index contributed by atoms with van der Waals surface area (Å²) in [5, 5.41) is 0. The van der Waals surface area contributed by atoms with Gasteiger partial charge in [0.05, 0.1) is 6.61 Å². The summed E-state index contributed by atoms with van der Waals surface area (Å²) in [5.74, 6) is 0.944. The number of ether oxygens (including phenoxy) is 1. The predicted octanol–water partition coefficient (Wildman–Crippen LogP) is 3.08. The number of hydrogen-bond acceptors (Lipinski definition) is 1. The third-order valence-corrected chi connectivity index (χ3v) is 2.35. The fourth-order valence-corrected chi connectivity index (χ4v) is 1.44. The predicted molar refractivity (Wildman–Crippen MR) is 63.1 cm³/mol. The summed E-state index contributed by atoms with van der Waals surface area (Å²) in [6.07, 6.45) is 4.42. The van der Waals surface area contributed by atoms with Crippen LogP contribution in [0.3, 0.4) is 0 Å². The lowest BCUT2D eigenvalue weighted by Crippen LogP contribution is -1.97. The van der Waals surface area contributed by atoms with Gasteiger partial charge in [0, 0.05) is 6.54 Å². The van der Waals surface area contributed by atoms with Gasteiger partial charge in [0.1, 0.15) is 5.75 Å². The molecule has 1 aromatic carbocycles. The molecule has 2 nitrogen and oxygen atoms in total. The quantitative estimate of drug-likeness (QED) is 0.631. The van der Waals surface area contributed by atoms with Crippen LogP contribution in [0, 0.1) is 0 Å². The Morgan fingerprint density at radius 1 is 1.13 bits per heavy atom. The highest BCUT2D eigenvalue weighted by Gasteiger charge is 1.94. The van der Waals surface area contributed by atoms with Gasteiger partial charge in [-0.2, -0.15) is 0 Å². The minimum atomic E-state index is 0.455. The first kappa shape index (κ1) is 12.1. The second-order valence-electron chi connectivity index (χ2n) is 3.70. The summed E-state index contributed by atoms with van der Waals surface area (Å²) in [4.78, 5) is 0. The SMILES string of the molecule is CCCCCOc1ccc(CC[NH])cc1. The molecule has 0 saturated heterocycles. The van der Waals surface area contributed by atoms with Gasteiger partial charge >= 0.3 is 0 Å². The zero-order valence-corrected chi connectivity index (χ0v) is 9.46. The van der Waals surface area contributed by atoms with E-state index in [2.05, 4.69) is 6.92 Å². The van der Waals surface area contributed by atoms with E-state index in [0.29, 0.717) is 6.54 Å². The van der Waals surface area contributed by atoms with Gasteiger partial charge in [-0.1, -0.05) is 31.9 Å².